The van der Waals surface area contributed by atoms with Gasteiger partial charge in [-0.05, 0) is 71.1 Å². The van der Waals surface area contributed by atoms with Gasteiger partial charge in [-0.2, -0.15) is 0 Å². The van der Waals surface area contributed by atoms with Gasteiger partial charge < -0.3 is 21.1 Å². The maximum Gasteiger partial charge on any atom is 0.408 e. The lowest BCUT2D eigenvalue weighted by atomic mass is 9.78. The molecule has 27 heavy (non-hydrogen) atoms. The fraction of sp³-hybridized carbons (Fsp3) is 0.600. The molecule has 0 bridgehead atoms. The van der Waals surface area contributed by atoms with Crippen molar-refractivity contribution in [2.24, 2.45) is 5.73 Å². The summed E-state index contributed by atoms with van der Waals surface area (Å²) in [6.07, 6.45) is 1.52. The van der Waals surface area contributed by atoms with Crippen LogP contribution >= 0.6 is 0 Å². The summed E-state index contributed by atoms with van der Waals surface area (Å²) in [6.45, 7) is 7.13. The molecule has 0 heterocycles. The van der Waals surface area contributed by atoms with Gasteiger partial charge in [0.15, 0.2) is 0 Å². The molecule has 1 saturated carbocycles. The Balaban J connectivity index is 2.13. The highest BCUT2D eigenvalue weighted by atomic mass is 19.1. The lowest BCUT2D eigenvalue weighted by Crippen LogP contribution is -2.62. The number of nitrogens with two attached hydrogens (primary N) is 1. The van der Waals surface area contributed by atoms with Crippen molar-refractivity contribution in [3.8, 4) is 0 Å². The summed E-state index contributed by atoms with van der Waals surface area (Å²) in [4.78, 5) is 25.4. The van der Waals surface area contributed by atoms with Crippen LogP contribution < -0.4 is 16.4 Å². The first-order valence-corrected chi connectivity index (χ1v) is 9.34. The number of alkyl carbamates (subject to hydrolysis) is 1. The topological polar surface area (TPSA) is 93.5 Å². The van der Waals surface area contributed by atoms with Crippen molar-refractivity contribution >= 4 is 12.0 Å². The number of halogens is 1. The van der Waals surface area contributed by atoms with Crippen LogP contribution in [-0.4, -0.2) is 29.2 Å². The van der Waals surface area contributed by atoms with Crippen LogP contribution in [0.2, 0.25) is 0 Å². The highest BCUT2D eigenvalue weighted by Crippen LogP contribution is 2.29. The maximum absolute atomic E-state index is 13.1. The SMILES string of the molecule is C[C@@H](NC(=O)[C@]1(NC(=O)OC(C)(C)C)CC[C@@H](N)CC1)c1ccc(F)cc1. The van der Waals surface area contributed by atoms with Gasteiger partial charge in [-0.15, -0.1) is 0 Å². The van der Waals surface area contributed by atoms with E-state index < -0.39 is 17.2 Å². The summed E-state index contributed by atoms with van der Waals surface area (Å²) >= 11 is 0. The molecule has 0 aliphatic heterocycles. The van der Waals surface area contributed by atoms with Gasteiger partial charge in [0.25, 0.3) is 0 Å². The minimum atomic E-state index is -1.06. The Labute approximate surface area is 160 Å². The second kappa shape index (κ2) is 8.25. The van der Waals surface area contributed by atoms with Crippen molar-refractivity contribution in [3.63, 3.8) is 0 Å². The average molecular weight is 379 g/mol. The monoisotopic (exact) mass is 379 g/mol. The zero-order chi connectivity index (χ0) is 20.2. The number of nitrogens with one attached hydrogen (secondary N) is 2. The smallest absolute Gasteiger partial charge is 0.408 e. The molecule has 150 valence electrons. The van der Waals surface area contributed by atoms with E-state index in [-0.39, 0.29) is 23.8 Å². The van der Waals surface area contributed by atoms with Gasteiger partial charge in [0.05, 0.1) is 6.04 Å². The molecule has 0 saturated heterocycles. The van der Waals surface area contributed by atoms with Gasteiger partial charge >= 0.3 is 6.09 Å². The molecule has 0 unspecified atom stereocenters. The number of hydrogen-bond acceptors (Lipinski definition) is 4. The van der Waals surface area contributed by atoms with Crippen molar-refractivity contribution in [2.75, 3.05) is 0 Å². The van der Waals surface area contributed by atoms with E-state index in [0.29, 0.717) is 25.7 Å². The summed E-state index contributed by atoms with van der Waals surface area (Å²) in [5.41, 5.74) is 5.04. The Kier molecular flexibility index (Phi) is 6.46. The predicted molar refractivity (Wildman–Crippen MR) is 102 cm³/mol. The van der Waals surface area contributed by atoms with E-state index in [9.17, 15) is 14.0 Å². The van der Waals surface area contributed by atoms with Crippen molar-refractivity contribution in [1.29, 1.82) is 0 Å². The lowest BCUT2D eigenvalue weighted by Gasteiger charge is -2.39. The third-order valence-corrected chi connectivity index (χ3v) is 4.78. The second-order valence-corrected chi connectivity index (χ2v) is 8.29. The van der Waals surface area contributed by atoms with E-state index in [2.05, 4.69) is 10.6 Å². The fourth-order valence-corrected chi connectivity index (χ4v) is 3.21. The number of benzene rings is 1. The van der Waals surface area contributed by atoms with E-state index in [1.807, 2.05) is 6.92 Å². The molecule has 1 aliphatic rings. The molecule has 1 atom stereocenters. The van der Waals surface area contributed by atoms with Crippen molar-refractivity contribution in [1.82, 2.24) is 10.6 Å². The summed E-state index contributed by atoms with van der Waals surface area (Å²) in [6, 6.07) is 5.65. The Morgan fingerprint density at radius 2 is 1.78 bits per heavy atom. The summed E-state index contributed by atoms with van der Waals surface area (Å²) < 4.78 is 18.5. The van der Waals surface area contributed by atoms with Crippen LogP contribution in [0.15, 0.2) is 24.3 Å². The van der Waals surface area contributed by atoms with Gasteiger partial charge in [-0.1, -0.05) is 12.1 Å². The van der Waals surface area contributed by atoms with E-state index in [1.54, 1.807) is 32.9 Å². The second-order valence-electron chi connectivity index (χ2n) is 8.29. The van der Waals surface area contributed by atoms with E-state index >= 15 is 0 Å². The maximum atomic E-state index is 13.1. The summed E-state index contributed by atoms with van der Waals surface area (Å²) in [5, 5.41) is 5.72. The van der Waals surface area contributed by atoms with E-state index in [4.69, 9.17) is 10.5 Å². The number of amides is 2. The third kappa shape index (κ3) is 5.92. The highest BCUT2D eigenvalue weighted by Gasteiger charge is 2.43. The minimum Gasteiger partial charge on any atom is -0.444 e. The standard InChI is InChI=1S/C20H30FN3O3/c1-13(14-5-7-15(21)8-6-14)23-17(25)20(11-9-16(22)10-12-20)24-18(26)27-19(2,3)4/h5-8,13,16H,9-12,22H2,1-4H3,(H,23,25)(H,24,26)/t13-,16-,20+/m1/s1. The van der Waals surface area contributed by atoms with Gasteiger partial charge in [0.2, 0.25) is 5.91 Å². The average Bonchev–Trinajstić information content (AvgIpc) is 2.56. The molecule has 7 heteroatoms. The zero-order valence-electron chi connectivity index (χ0n) is 16.5. The number of hydrogen-bond donors (Lipinski definition) is 3. The first-order chi connectivity index (χ1) is 12.5. The molecule has 0 radical (unpaired) electrons. The third-order valence-electron chi connectivity index (χ3n) is 4.78. The summed E-state index contributed by atoms with van der Waals surface area (Å²) in [7, 11) is 0. The number of carbonyl (C=O) groups is 2. The first-order valence-electron chi connectivity index (χ1n) is 9.34. The first kappa shape index (κ1) is 21.2. The molecule has 1 fully saturated rings. The molecule has 1 aromatic carbocycles. The van der Waals surface area contributed by atoms with E-state index in [1.165, 1.54) is 12.1 Å². The molecule has 1 aromatic rings. The quantitative estimate of drug-likeness (QED) is 0.749. The molecule has 1 aliphatic carbocycles. The number of rotatable bonds is 4. The van der Waals surface area contributed by atoms with Crippen LogP contribution in [0.3, 0.4) is 0 Å². The Morgan fingerprint density at radius 3 is 2.30 bits per heavy atom. The molecule has 6 nitrogen and oxygen atoms in total. The lowest BCUT2D eigenvalue weighted by molar-refractivity contribution is -0.129. The van der Waals surface area contributed by atoms with Crippen LogP contribution in [0, 0.1) is 5.82 Å². The Bertz CT molecular complexity index is 662. The normalized spacial score (nSPS) is 24.0. The van der Waals surface area contributed by atoms with Crippen molar-refractivity contribution in [3.05, 3.63) is 35.6 Å². The molecule has 2 amide bonds. The van der Waals surface area contributed by atoms with Crippen molar-refractivity contribution in [2.45, 2.75) is 76.6 Å². The molecular weight excluding hydrogens is 349 g/mol. The number of ether oxygens (including phenoxy) is 1. The molecule has 0 aromatic heterocycles. The molecule has 4 N–H and O–H groups in total. The zero-order valence-corrected chi connectivity index (χ0v) is 16.5. The Hall–Kier alpha value is -2.15. The van der Waals surface area contributed by atoms with Gasteiger partial charge in [0.1, 0.15) is 17.0 Å². The van der Waals surface area contributed by atoms with Gasteiger partial charge in [-0.3, -0.25) is 4.79 Å². The highest BCUT2D eigenvalue weighted by molar-refractivity contribution is 5.90. The fourth-order valence-electron chi connectivity index (χ4n) is 3.21. The molecule has 2 rings (SSSR count). The van der Waals surface area contributed by atoms with Crippen LogP contribution in [-0.2, 0) is 9.53 Å². The molecular formula is C20H30FN3O3. The van der Waals surface area contributed by atoms with E-state index in [0.717, 1.165) is 5.56 Å². The summed E-state index contributed by atoms with van der Waals surface area (Å²) in [5.74, 6) is -0.612. The largest absolute Gasteiger partial charge is 0.444 e. The van der Waals surface area contributed by atoms with Crippen LogP contribution in [0.25, 0.3) is 0 Å². The van der Waals surface area contributed by atoms with Gasteiger partial charge in [0, 0.05) is 6.04 Å². The van der Waals surface area contributed by atoms with Crippen molar-refractivity contribution < 1.29 is 18.7 Å². The number of carbonyl (C=O) groups excluding carboxylic acids is 2. The van der Waals surface area contributed by atoms with Crippen LogP contribution in [0.5, 0.6) is 0 Å². The van der Waals surface area contributed by atoms with Gasteiger partial charge in [-0.25, -0.2) is 9.18 Å². The predicted octanol–water partition coefficient (Wildman–Crippen LogP) is 3.17. The van der Waals surface area contributed by atoms with Crippen LogP contribution in [0.1, 0.15) is 65.0 Å². The Morgan fingerprint density at radius 1 is 1.22 bits per heavy atom. The molecule has 0 spiro atoms. The van der Waals surface area contributed by atoms with Crippen LogP contribution in [0.4, 0.5) is 9.18 Å². The minimum absolute atomic E-state index is 0.0147.